The molecule has 0 saturated carbocycles. The molecule has 124 valence electrons. The van der Waals surface area contributed by atoms with Gasteiger partial charge >= 0.3 is 0 Å². The van der Waals surface area contributed by atoms with Crippen molar-refractivity contribution < 1.29 is 17.9 Å². The Morgan fingerprint density at radius 1 is 1.38 bits per heavy atom. The number of nitrogens with zero attached hydrogens (tertiary/aromatic N) is 1. The molecular weight excluding hydrogens is 294 g/mol. The zero-order valence-corrected chi connectivity index (χ0v) is 14.0. The normalized spacial score (nSPS) is 18.7. The topological polar surface area (TPSA) is 87.7 Å². The van der Waals surface area contributed by atoms with Gasteiger partial charge < -0.3 is 15.4 Å². The van der Waals surface area contributed by atoms with Crippen LogP contribution in [-0.4, -0.2) is 71.3 Å². The van der Waals surface area contributed by atoms with Gasteiger partial charge in [-0.1, -0.05) is 0 Å². The summed E-state index contributed by atoms with van der Waals surface area (Å²) in [5.41, 5.74) is -0.0577. The Morgan fingerprint density at radius 2 is 2.00 bits per heavy atom. The van der Waals surface area contributed by atoms with Crippen LogP contribution in [-0.2, 0) is 19.6 Å². The van der Waals surface area contributed by atoms with E-state index in [4.69, 9.17) is 4.74 Å². The zero-order chi connectivity index (χ0) is 15.9. The van der Waals surface area contributed by atoms with Crippen molar-refractivity contribution in [2.24, 2.45) is 5.41 Å². The van der Waals surface area contributed by atoms with E-state index in [0.717, 1.165) is 30.2 Å². The number of likely N-dealkylation sites (N-methyl/N-ethyl adjacent to an activating group) is 1. The molecule has 1 aliphatic heterocycles. The number of rotatable bonds is 8. The Balaban J connectivity index is 2.50. The van der Waals surface area contributed by atoms with Crippen LogP contribution in [0.2, 0.25) is 0 Å². The second-order valence-electron chi connectivity index (χ2n) is 5.62. The Kier molecular flexibility index (Phi) is 7.05. The molecule has 1 amide bonds. The van der Waals surface area contributed by atoms with E-state index in [1.807, 2.05) is 0 Å². The molecule has 2 N–H and O–H groups in total. The van der Waals surface area contributed by atoms with Gasteiger partial charge in [-0.3, -0.25) is 4.79 Å². The summed E-state index contributed by atoms with van der Waals surface area (Å²) in [7, 11) is -0.240. The van der Waals surface area contributed by atoms with E-state index in [1.54, 1.807) is 14.0 Å². The summed E-state index contributed by atoms with van der Waals surface area (Å²) in [6.07, 6.45) is 1.87. The van der Waals surface area contributed by atoms with Crippen LogP contribution in [0.25, 0.3) is 0 Å². The molecule has 1 fully saturated rings. The summed E-state index contributed by atoms with van der Waals surface area (Å²) in [6.45, 7) is 4.34. The third-order valence-corrected chi connectivity index (χ3v) is 5.79. The molecule has 1 heterocycles. The molecule has 0 unspecified atom stereocenters. The Labute approximate surface area is 127 Å². The van der Waals surface area contributed by atoms with Gasteiger partial charge in [-0.25, -0.2) is 8.42 Å². The van der Waals surface area contributed by atoms with E-state index >= 15 is 0 Å². The van der Waals surface area contributed by atoms with Crippen molar-refractivity contribution in [3.05, 3.63) is 0 Å². The smallest absolute Gasteiger partial charge is 0.235 e. The number of nitrogens with one attached hydrogen (secondary N) is 2. The predicted molar refractivity (Wildman–Crippen MR) is 81.5 cm³/mol. The molecule has 7 nitrogen and oxygen atoms in total. The molecular formula is C13H27N3O4S. The maximum absolute atomic E-state index is 11.9. The number of ether oxygens (including phenoxy) is 1. The first-order chi connectivity index (χ1) is 9.85. The summed E-state index contributed by atoms with van der Waals surface area (Å²) in [4.78, 5) is 11.9. The SMILES string of the molecule is CCS(=O)(=O)N(C)CC(=O)NCC1(COC)CCNCC1. The monoisotopic (exact) mass is 321 g/mol. The lowest BCUT2D eigenvalue weighted by Crippen LogP contribution is -2.49. The van der Waals surface area contributed by atoms with Gasteiger partial charge in [-0.15, -0.1) is 0 Å². The quantitative estimate of drug-likeness (QED) is 0.623. The van der Waals surface area contributed by atoms with Gasteiger partial charge in [0.2, 0.25) is 15.9 Å². The maximum Gasteiger partial charge on any atom is 0.235 e. The number of methoxy groups -OCH3 is 1. The maximum atomic E-state index is 11.9. The van der Waals surface area contributed by atoms with Gasteiger partial charge in [0.25, 0.3) is 0 Å². The van der Waals surface area contributed by atoms with E-state index in [1.165, 1.54) is 7.05 Å². The van der Waals surface area contributed by atoms with Gasteiger partial charge in [0.05, 0.1) is 18.9 Å². The molecule has 21 heavy (non-hydrogen) atoms. The highest BCUT2D eigenvalue weighted by molar-refractivity contribution is 7.89. The second kappa shape index (κ2) is 8.07. The van der Waals surface area contributed by atoms with Crippen molar-refractivity contribution >= 4 is 15.9 Å². The number of hydrogen-bond acceptors (Lipinski definition) is 5. The van der Waals surface area contributed by atoms with Crippen molar-refractivity contribution in [3.8, 4) is 0 Å². The van der Waals surface area contributed by atoms with E-state index in [-0.39, 0.29) is 23.6 Å². The minimum atomic E-state index is -3.32. The van der Waals surface area contributed by atoms with Gasteiger partial charge in [0, 0.05) is 26.1 Å². The fraction of sp³-hybridized carbons (Fsp3) is 0.923. The third kappa shape index (κ3) is 5.54. The van der Waals surface area contributed by atoms with E-state index in [0.29, 0.717) is 13.2 Å². The number of carbonyl (C=O) groups is 1. The molecule has 0 atom stereocenters. The molecule has 0 aromatic rings. The van der Waals surface area contributed by atoms with Crippen molar-refractivity contribution in [2.45, 2.75) is 19.8 Å². The fourth-order valence-corrected chi connectivity index (χ4v) is 3.25. The van der Waals surface area contributed by atoms with E-state index in [9.17, 15) is 13.2 Å². The van der Waals surface area contributed by atoms with Gasteiger partial charge in [-0.2, -0.15) is 4.31 Å². The highest BCUT2D eigenvalue weighted by Crippen LogP contribution is 2.28. The lowest BCUT2D eigenvalue weighted by molar-refractivity contribution is -0.122. The number of hydrogen-bond donors (Lipinski definition) is 2. The average molecular weight is 321 g/mol. The predicted octanol–water partition coefficient (Wildman–Crippen LogP) is -0.600. The Hall–Kier alpha value is -0.700. The fourth-order valence-electron chi connectivity index (χ4n) is 2.50. The standard InChI is InChI=1S/C13H27N3O4S/c1-4-21(18,19)16(2)9-12(17)15-10-13(11-20-3)5-7-14-8-6-13/h14H,4-11H2,1-3H3,(H,15,17). The van der Waals surface area contributed by atoms with Gasteiger partial charge in [-0.05, 0) is 32.9 Å². The van der Waals surface area contributed by atoms with E-state index in [2.05, 4.69) is 10.6 Å². The Morgan fingerprint density at radius 3 is 2.52 bits per heavy atom. The lowest BCUT2D eigenvalue weighted by Gasteiger charge is -2.37. The number of piperidine rings is 1. The minimum Gasteiger partial charge on any atom is -0.384 e. The largest absolute Gasteiger partial charge is 0.384 e. The molecule has 8 heteroatoms. The highest BCUT2D eigenvalue weighted by atomic mass is 32.2. The number of sulfonamides is 1. The molecule has 0 spiro atoms. The van der Waals surface area contributed by atoms with Gasteiger partial charge in [0.1, 0.15) is 0 Å². The highest BCUT2D eigenvalue weighted by Gasteiger charge is 2.32. The molecule has 1 rings (SSSR count). The zero-order valence-electron chi connectivity index (χ0n) is 13.1. The number of carbonyl (C=O) groups excluding carboxylic acids is 1. The molecule has 1 aliphatic rings. The van der Waals surface area contributed by atoms with Crippen molar-refractivity contribution in [3.63, 3.8) is 0 Å². The summed E-state index contributed by atoms with van der Waals surface area (Å²) in [5.74, 6) is -0.278. The van der Waals surface area contributed by atoms with Crippen molar-refractivity contribution in [1.82, 2.24) is 14.9 Å². The van der Waals surface area contributed by atoms with Crippen molar-refractivity contribution in [2.75, 3.05) is 52.7 Å². The van der Waals surface area contributed by atoms with Crippen LogP contribution in [0.1, 0.15) is 19.8 Å². The van der Waals surface area contributed by atoms with E-state index < -0.39 is 10.0 Å². The molecule has 0 aromatic heterocycles. The van der Waals surface area contributed by atoms with Gasteiger partial charge in [0.15, 0.2) is 0 Å². The summed E-state index contributed by atoms with van der Waals surface area (Å²) in [6, 6.07) is 0. The third-order valence-electron chi connectivity index (χ3n) is 3.98. The Bertz CT molecular complexity index is 427. The first kappa shape index (κ1) is 18.3. The van der Waals surface area contributed by atoms with Crippen LogP contribution in [0.5, 0.6) is 0 Å². The molecule has 1 saturated heterocycles. The van der Waals surface area contributed by atoms with Crippen molar-refractivity contribution in [1.29, 1.82) is 0 Å². The first-order valence-corrected chi connectivity index (χ1v) is 8.86. The van der Waals surface area contributed by atoms with Crippen LogP contribution in [0, 0.1) is 5.41 Å². The summed E-state index contributed by atoms with van der Waals surface area (Å²) < 4.78 is 29.6. The van der Waals surface area contributed by atoms with Crippen LogP contribution in [0.3, 0.4) is 0 Å². The molecule has 0 radical (unpaired) electrons. The summed E-state index contributed by atoms with van der Waals surface area (Å²) >= 11 is 0. The second-order valence-corrected chi connectivity index (χ2v) is 7.98. The van der Waals surface area contributed by atoms with Crippen LogP contribution in [0.15, 0.2) is 0 Å². The first-order valence-electron chi connectivity index (χ1n) is 7.25. The number of amides is 1. The van der Waals surface area contributed by atoms with Crippen LogP contribution < -0.4 is 10.6 Å². The van der Waals surface area contributed by atoms with Crippen LogP contribution in [0.4, 0.5) is 0 Å². The summed E-state index contributed by atoms with van der Waals surface area (Å²) in [5, 5.41) is 6.14. The average Bonchev–Trinajstić information content (AvgIpc) is 2.46. The molecule has 0 aromatic carbocycles. The lowest BCUT2D eigenvalue weighted by atomic mass is 9.79. The molecule has 0 bridgehead atoms. The minimum absolute atomic E-state index is 0.00391. The van der Waals surface area contributed by atoms with Crippen LogP contribution >= 0.6 is 0 Å². The molecule has 0 aliphatic carbocycles.